The molecule has 0 bridgehead atoms. The molecule has 0 saturated heterocycles. The van der Waals surface area contributed by atoms with Gasteiger partial charge in [-0.3, -0.25) is 0 Å². The fourth-order valence-corrected chi connectivity index (χ4v) is 2.98. The van der Waals surface area contributed by atoms with Gasteiger partial charge in [0.1, 0.15) is 5.82 Å². The fraction of sp³-hybridized carbons (Fsp3) is 0.545. The Bertz CT molecular complexity index is 490. The van der Waals surface area contributed by atoms with Crippen molar-refractivity contribution in [2.24, 2.45) is 0 Å². The Morgan fingerprint density at radius 1 is 1.35 bits per heavy atom. The van der Waals surface area contributed by atoms with Crippen molar-refractivity contribution in [3.8, 4) is 0 Å². The van der Waals surface area contributed by atoms with Crippen LogP contribution >= 0.6 is 11.8 Å². The van der Waals surface area contributed by atoms with E-state index in [1.807, 2.05) is 24.3 Å². The van der Waals surface area contributed by atoms with Gasteiger partial charge in [-0.2, -0.15) is 11.8 Å². The van der Waals surface area contributed by atoms with Crippen LogP contribution in [0.3, 0.4) is 0 Å². The highest BCUT2D eigenvalue weighted by molar-refractivity contribution is 7.99. The Hall–Kier alpha value is -1.30. The maximum atomic E-state index is 4.35. The van der Waals surface area contributed by atoms with Crippen LogP contribution in [-0.2, 0) is 13.0 Å². The maximum Gasteiger partial charge on any atom is 0.155 e. The van der Waals surface area contributed by atoms with Gasteiger partial charge in [0.25, 0.3) is 0 Å². The smallest absolute Gasteiger partial charge is 0.155 e. The van der Waals surface area contributed by atoms with Crippen molar-refractivity contribution in [1.82, 2.24) is 24.3 Å². The van der Waals surface area contributed by atoms with E-state index in [1.54, 1.807) is 6.20 Å². The van der Waals surface area contributed by atoms with Gasteiger partial charge in [0.05, 0.1) is 12.4 Å². The van der Waals surface area contributed by atoms with Crippen molar-refractivity contribution in [3.63, 3.8) is 0 Å². The number of imidazole rings is 1. The summed E-state index contributed by atoms with van der Waals surface area (Å²) in [5.74, 6) is 4.46. The van der Waals surface area contributed by atoms with E-state index in [9.17, 15) is 0 Å². The molecule has 3 heterocycles. The minimum absolute atomic E-state index is 0.196. The molecule has 1 aliphatic heterocycles. The summed E-state index contributed by atoms with van der Waals surface area (Å²) in [6.45, 7) is 3.15. The van der Waals surface area contributed by atoms with Crippen LogP contribution in [0.1, 0.15) is 24.6 Å². The third kappa shape index (κ3) is 1.97. The van der Waals surface area contributed by atoms with Crippen molar-refractivity contribution in [1.29, 1.82) is 0 Å². The molecule has 5 nitrogen and oxygen atoms in total. The van der Waals surface area contributed by atoms with Gasteiger partial charge in [-0.15, -0.1) is 10.2 Å². The first-order valence-corrected chi connectivity index (χ1v) is 6.99. The summed E-state index contributed by atoms with van der Waals surface area (Å²) in [7, 11) is 0. The number of aryl methyl sites for hydroxylation is 1. The van der Waals surface area contributed by atoms with Crippen LogP contribution in [0, 0.1) is 0 Å². The fourth-order valence-electron chi connectivity index (χ4n) is 2.14. The standard InChI is InChI=1S/C11H15N5S/c1-9(15-4-3-12-8-15)11-14-13-10-2-6-17-7-5-16(10)11/h3-4,8-9H,2,5-7H2,1H3. The lowest BCUT2D eigenvalue weighted by molar-refractivity contribution is 0.551. The molecule has 0 spiro atoms. The van der Waals surface area contributed by atoms with E-state index in [4.69, 9.17) is 0 Å². The van der Waals surface area contributed by atoms with Gasteiger partial charge in [-0.25, -0.2) is 4.98 Å². The minimum atomic E-state index is 0.196. The summed E-state index contributed by atoms with van der Waals surface area (Å²) < 4.78 is 4.33. The topological polar surface area (TPSA) is 48.5 Å². The van der Waals surface area contributed by atoms with Crippen LogP contribution in [0.2, 0.25) is 0 Å². The number of fused-ring (bicyclic) bond motifs is 1. The molecule has 0 aliphatic carbocycles. The molecule has 0 fully saturated rings. The summed E-state index contributed by atoms with van der Waals surface area (Å²) >= 11 is 1.99. The highest BCUT2D eigenvalue weighted by atomic mass is 32.2. The second-order valence-electron chi connectivity index (χ2n) is 4.17. The molecule has 0 N–H and O–H groups in total. The maximum absolute atomic E-state index is 4.35. The molecule has 1 atom stereocenters. The summed E-state index contributed by atoms with van der Waals surface area (Å²) in [6.07, 6.45) is 6.62. The second-order valence-corrected chi connectivity index (χ2v) is 5.40. The predicted octanol–water partition coefficient (Wildman–Crippen LogP) is 1.37. The third-order valence-electron chi connectivity index (χ3n) is 3.13. The van der Waals surface area contributed by atoms with E-state index in [0.29, 0.717) is 0 Å². The van der Waals surface area contributed by atoms with E-state index < -0.39 is 0 Å². The lowest BCUT2D eigenvalue weighted by Crippen LogP contribution is -2.14. The van der Waals surface area contributed by atoms with Gasteiger partial charge in [-0.05, 0) is 6.92 Å². The molecule has 0 saturated carbocycles. The van der Waals surface area contributed by atoms with Gasteiger partial charge in [0, 0.05) is 36.9 Å². The number of rotatable bonds is 2. The lowest BCUT2D eigenvalue weighted by Gasteiger charge is -2.14. The lowest BCUT2D eigenvalue weighted by atomic mass is 10.3. The molecule has 0 radical (unpaired) electrons. The van der Waals surface area contributed by atoms with Gasteiger partial charge in [0.15, 0.2) is 5.82 Å². The molecule has 3 rings (SSSR count). The van der Waals surface area contributed by atoms with Crippen LogP contribution in [0.15, 0.2) is 18.7 Å². The van der Waals surface area contributed by atoms with Crippen molar-refractivity contribution >= 4 is 11.8 Å². The summed E-state index contributed by atoms with van der Waals surface area (Å²) in [5.41, 5.74) is 0. The molecule has 6 heteroatoms. The van der Waals surface area contributed by atoms with E-state index in [0.717, 1.165) is 36.1 Å². The Morgan fingerprint density at radius 2 is 2.29 bits per heavy atom. The summed E-state index contributed by atoms with van der Waals surface area (Å²) in [6, 6.07) is 0.196. The molecule has 1 unspecified atom stereocenters. The summed E-state index contributed by atoms with van der Waals surface area (Å²) in [5, 5.41) is 8.66. The average Bonchev–Trinajstić information content (AvgIpc) is 2.94. The van der Waals surface area contributed by atoms with Gasteiger partial charge < -0.3 is 9.13 Å². The SMILES string of the molecule is CC(c1nnc2n1CCSCC2)n1ccnc1. The van der Waals surface area contributed by atoms with Crippen LogP contribution in [-0.4, -0.2) is 35.8 Å². The first-order chi connectivity index (χ1) is 8.36. The first kappa shape index (κ1) is 10.8. The normalized spacial score (nSPS) is 17.5. The van der Waals surface area contributed by atoms with Crippen LogP contribution in [0.4, 0.5) is 0 Å². The Balaban J connectivity index is 1.95. The highest BCUT2D eigenvalue weighted by Crippen LogP contribution is 2.20. The summed E-state index contributed by atoms with van der Waals surface area (Å²) in [4.78, 5) is 4.09. The van der Waals surface area contributed by atoms with Crippen LogP contribution in [0.5, 0.6) is 0 Å². The van der Waals surface area contributed by atoms with Crippen molar-refractivity contribution < 1.29 is 0 Å². The molecule has 1 aliphatic rings. The Labute approximate surface area is 104 Å². The zero-order valence-corrected chi connectivity index (χ0v) is 10.6. The molecule has 0 aromatic carbocycles. The number of nitrogens with zero attached hydrogens (tertiary/aromatic N) is 5. The van der Waals surface area contributed by atoms with Gasteiger partial charge >= 0.3 is 0 Å². The van der Waals surface area contributed by atoms with Gasteiger partial charge in [0.2, 0.25) is 0 Å². The quantitative estimate of drug-likeness (QED) is 0.806. The second kappa shape index (κ2) is 4.52. The van der Waals surface area contributed by atoms with Crippen LogP contribution < -0.4 is 0 Å². The van der Waals surface area contributed by atoms with E-state index >= 15 is 0 Å². The first-order valence-electron chi connectivity index (χ1n) is 5.83. The third-order valence-corrected chi connectivity index (χ3v) is 4.10. The number of thioether (sulfide) groups is 1. The number of aromatic nitrogens is 5. The van der Waals surface area contributed by atoms with E-state index in [-0.39, 0.29) is 6.04 Å². The monoisotopic (exact) mass is 249 g/mol. The number of hydrogen-bond donors (Lipinski definition) is 0. The van der Waals surface area contributed by atoms with Crippen molar-refractivity contribution in [2.75, 3.05) is 11.5 Å². The average molecular weight is 249 g/mol. The van der Waals surface area contributed by atoms with E-state index in [1.165, 1.54) is 0 Å². The molecule has 2 aromatic heterocycles. The zero-order chi connectivity index (χ0) is 11.7. The molecular weight excluding hydrogens is 234 g/mol. The Kier molecular flexibility index (Phi) is 2.88. The minimum Gasteiger partial charge on any atom is -0.327 e. The predicted molar refractivity (Wildman–Crippen MR) is 67.1 cm³/mol. The zero-order valence-electron chi connectivity index (χ0n) is 9.78. The molecular formula is C11H15N5S. The molecule has 0 amide bonds. The van der Waals surface area contributed by atoms with E-state index in [2.05, 4.69) is 31.2 Å². The van der Waals surface area contributed by atoms with Crippen LogP contribution in [0.25, 0.3) is 0 Å². The molecule has 17 heavy (non-hydrogen) atoms. The van der Waals surface area contributed by atoms with Crippen molar-refractivity contribution in [3.05, 3.63) is 30.4 Å². The highest BCUT2D eigenvalue weighted by Gasteiger charge is 2.19. The number of hydrogen-bond acceptors (Lipinski definition) is 4. The molecule has 90 valence electrons. The largest absolute Gasteiger partial charge is 0.327 e. The molecule has 2 aromatic rings. The van der Waals surface area contributed by atoms with Gasteiger partial charge in [-0.1, -0.05) is 0 Å². The Morgan fingerprint density at radius 3 is 3.12 bits per heavy atom. The van der Waals surface area contributed by atoms with Crippen molar-refractivity contribution in [2.45, 2.75) is 25.9 Å².